The molecule has 0 spiro atoms. The third-order valence-corrected chi connectivity index (χ3v) is 4.13. The van der Waals surface area contributed by atoms with Gasteiger partial charge in [-0.25, -0.2) is 0 Å². The smallest absolute Gasteiger partial charge is 0.358 e. The van der Waals surface area contributed by atoms with Crippen LogP contribution in [0.3, 0.4) is 0 Å². The van der Waals surface area contributed by atoms with Crippen molar-refractivity contribution in [2.45, 2.75) is 11.8 Å². The molecule has 6 nitrogen and oxygen atoms in total. The second kappa shape index (κ2) is 8.03. The van der Waals surface area contributed by atoms with E-state index in [9.17, 15) is 13.2 Å². The second-order valence-electron chi connectivity index (χ2n) is 3.73. The van der Waals surface area contributed by atoms with Gasteiger partial charge in [0, 0.05) is 12.9 Å². The number of thioether (sulfide) groups is 1. The van der Waals surface area contributed by atoms with Crippen molar-refractivity contribution in [3.8, 4) is 0 Å². The SMILES string of the molecule is COCCS/C(C=O)=N\OS(=O)(=O)c1ccc(C)cc1. The van der Waals surface area contributed by atoms with Gasteiger partial charge in [0.1, 0.15) is 4.90 Å². The summed E-state index contributed by atoms with van der Waals surface area (Å²) in [5.41, 5.74) is 0.927. The molecule has 0 aliphatic carbocycles. The summed E-state index contributed by atoms with van der Waals surface area (Å²) in [7, 11) is -2.48. The van der Waals surface area contributed by atoms with Crippen molar-refractivity contribution >= 4 is 33.2 Å². The molecule has 8 heteroatoms. The molecule has 0 atom stereocenters. The van der Waals surface area contributed by atoms with E-state index in [1.165, 1.54) is 19.2 Å². The van der Waals surface area contributed by atoms with E-state index in [2.05, 4.69) is 9.44 Å². The molecule has 0 saturated carbocycles. The maximum atomic E-state index is 11.8. The number of aryl methyl sites for hydroxylation is 1. The van der Waals surface area contributed by atoms with Gasteiger partial charge < -0.3 is 4.74 Å². The molecule has 0 aliphatic heterocycles. The fourth-order valence-corrected chi connectivity index (χ4v) is 2.54. The Balaban J connectivity index is 2.74. The summed E-state index contributed by atoms with van der Waals surface area (Å²) < 4.78 is 32.9. The zero-order valence-corrected chi connectivity index (χ0v) is 12.7. The molecular weight excluding hydrogens is 302 g/mol. The van der Waals surface area contributed by atoms with Gasteiger partial charge in [0.15, 0.2) is 11.3 Å². The Morgan fingerprint density at radius 2 is 2.00 bits per heavy atom. The molecular formula is C12H15NO5S2. The van der Waals surface area contributed by atoms with E-state index in [4.69, 9.17) is 4.74 Å². The third-order valence-electron chi connectivity index (χ3n) is 2.17. The first-order chi connectivity index (χ1) is 9.49. The molecule has 0 bridgehead atoms. The van der Waals surface area contributed by atoms with Gasteiger partial charge in [0.25, 0.3) is 0 Å². The Morgan fingerprint density at radius 1 is 1.35 bits per heavy atom. The highest BCUT2D eigenvalue weighted by molar-refractivity contribution is 8.15. The Hall–Kier alpha value is -1.38. The molecule has 0 N–H and O–H groups in total. The highest BCUT2D eigenvalue weighted by atomic mass is 32.2. The van der Waals surface area contributed by atoms with Crippen LogP contribution in [0, 0.1) is 6.92 Å². The van der Waals surface area contributed by atoms with Crippen molar-refractivity contribution in [3.63, 3.8) is 0 Å². The minimum absolute atomic E-state index is 0.0148. The standard InChI is InChI=1S/C12H15NO5S2/c1-10-3-5-11(6-4-10)20(15,16)18-13-12(9-14)19-8-7-17-2/h3-6,9H,7-8H2,1-2H3/b13-12-. The molecule has 0 aliphatic rings. The molecule has 0 saturated heterocycles. The molecule has 20 heavy (non-hydrogen) atoms. The highest BCUT2D eigenvalue weighted by Gasteiger charge is 2.15. The zero-order valence-electron chi connectivity index (χ0n) is 11.1. The quantitative estimate of drug-likeness (QED) is 0.250. The number of aldehydes is 1. The van der Waals surface area contributed by atoms with Crippen LogP contribution in [0.4, 0.5) is 0 Å². The van der Waals surface area contributed by atoms with Gasteiger partial charge >= 0.3 is 10.1 Å². The van der Waals surface area contributed by atoms with E-state index in [1.54, 1.807) is 12.1 Å². The Labute approximate surface area is 122 Å². The fourth-order valence-electron chi connectivity index (χ4n) is 1.15. The summed E-state index contributed by atoms with van der Waals surface area (Å²) in [5.74, 6) is 0.474. The lowest BCUT2D eigenvalue weighted by Crippen LogP contribution is -2.06. The third kappa shape index (κ3) is 5.32. The normalized spacial score (nSPS) is 12.2. The molecule has 0 aromatic heterocycles. The lowest BCUT2D eigenvalue weighted by Gasteiger charge is -2.03. The highest BCUT2D eigenvalue weighted by Crippen LogP contribution is 2.14. The molecule has 0 heterocycles. The van der Waals surface area contributed by atoms with Crippen LogP contribution in [0.1, 0.15) is 5.56 Å². The number of methoxy groups -OCH3 is 1. The van der Waals surface area contributed by atoms with E-state index in [1.807, 2.05) is 6.92 Å². The van der Waals surface area contributed by atoms with Crippen molar-refractivity contribution in [1.82, 2.24) is 0 Å². The average molecular weight is 317 g/mol. The monoisotopic (exact) mass is 317 g/mol. The average Bonchev–Trinajstić information content (AvgIpc) is 2.43. The number of rotatable bonds is 7. The van der Waals surface area contributed by atoms with E-state index >= 15 is 0 Å². The van der Waals surface area contributed by atoms with Crippen LogP contribution in [-0.2, 0) is 23.9 Å². The Morgan fingerprint density at radius 3 is 2.55 bits per heavy atom. The van der Waals surface area contributed by atoms with E-state index in [-0.39, 0.29) is 9.94 Å². The number of hydrogen-bond acceptors (Lipinski definition) is 7. The van der Waals surface area contributed by atoms with Gasteiger partial charge in [0.05, 0.1) is 6.61 Å². The molecule has 1 aromatic rings. The van der Waals surface area contributed by atoms with Gasteiger partial charge in [-0.15, -0.1) is 0 Å². The van der Waals surface area contributed by atoms with Crippen molar-refractivity contribution in [3.05, 3.63) is 29.8 Å². The number of benzene rings is 1. The van der Waals surface area contributed by atoms with Gasteiger partial charge in [0.2, 0.25) is 0 Å². The molecule has 110 valence electrons. The first-order valence-electron chi connectivity index (χ1n) is 5.65. The van der Waals surface area contributed by atoms with Crippen molar-refractivity contribution < 1.29 is 22.2 Å². The van der Waals surface area contributed by atoms with Crippen molar-refractivity contribution in [2.75, 3.05) is 19.5 Å². The molecule has 1 aromatic carbocycles. The fraction of sp³-hybridized carbons (Fsp3) is 0.333. The second-order valence-corrected chi connectivity index (χ2v) is 6.37. The Bertz CT molecular complexity index is 566. The van der Waals surface area contributed by atoms with Crippen LogP contribution in [0.2, 0.25) is 0 Å². The summed E-state index contributed by atoms with van der Waals surface area (Å²) in [6.07, 6.45) is 0.436. The van der Waals surface area contributed by atoms with E-state index in [0.29, 0.717) is 18.6 Å². The van der Waals surface area contributed by atoms with Crippen LogP contribution in [0.15, 0.2) is 34.3 Å². The van der Waals surface area contributed by atoms with Crippen LogP contribution in [0.5, 0.6) is 0 Å². The number of oxime groups is 1. The summed E-state index contributed by atoms with van der Waals surface area (Å²) in [5, 5.41) is 3.29. The number of hydrogen-bond donors (Lipinski definition) is 0. The lowest BCUT2D eigenvalue weighted by molar-refractivity contribution is -0.102. The first-order valence-corrected chi connectivity index (χ1v) is 8.04. The number of ether oxygens (including phenoxy) is 1. The summed E-state index contributed by atoms with van der Waals surface area (Å²) in [6, 6.07) is 6.12. The predicted octanol–water partition coefficient (Wildman–Crippen LogP) is 1.59. The predicted molar refractivity (Wildman–Crippen MR) is 77.3 cm³/mol. The minimum atomic E-state index is -4.00. The molecule has 0 fully saturated rings. The lowest BCUT2D eigenvalue weighted by atomic mass is 10.2. The van der Waals surface area contributed by atoms with Crippen molar-refractivity contribution in [1.29, 1.82) is 0 Å². The zero-order chi connectivity index (χ0) is 15.0. The van der Waals surface area contributed by atoms with Crippen LogP contribution in [-0.4, -0.2) is 39.2 Å². The first kappa shape index (κ1) is 16.7. The number of carbonyl (C=O) groups is 1. The van der Waals surface area contributed by atoms with Crippen LogP contribution < -0.4 is 0 Å². The molecule has 0 unspecified atom stereocenters. The molecule has 1 rings (SSSR count). The minimum Gasteiger partial charge on any atom is -0.384 e. The maximum absolute atomic E-state index is 11.8. The van der Waals surface area contributed by atoms with Gasteiger partial charge in [-0.1, -0.05) is 34.6 Å². The van der Waals surface area contributed by atoms with Crippen LogP contribution in [0.25, 0.3) is 0 Å². The Kier molecular flexibility index (Phi) is 6.69. The number of carbonyl (C=O) groups excluding carboxylic acids is 1. The van der Waals surface area contributed by atoms with E-state index < -0.39 is 10.1 Å². The molecule has 0 radical (unpaired) electrons. The number of nitrogens with zero attached hydrogens (tertiary/aromatic N) is 1. The van der Waals surface area contributed by atoms with Crippen LogP contribution >= 0.6 is 11.8 Å². The van der Waals surface area contributed by atoms with Crippen molar-refractivity contribution in [2.24, 2.45) is 5.16 Å². The summed E-state index contributed by atoms with van der Waals surface area (Å²) >= 11 is 1.05. The largest absolute Gasteiger partial charge is 0.384 e. The summed E-state index contributed by atoms with van der Waals surface area (Å²) in [6.45, 7) is 2.26. The van der Waals surface area contributed by atoms with Gasteiger partial charge in [-0.2, -0.15) is 8.42 Å². The topological polar surface area (TPSA) is 82.0 Å². The molecule has 0 amide bonds. The van der Waals surface area contributed by atoms with E-state index in [0.717, 1.165) is 17.3 Å². The maximum Gasteiger partial charge on any atom is 0.358 e. The summed E-state index contributed by atoms with van der Waals surface area (Å²) in [4.78, 5) is 10.7. The van der Waals surface area contributed by atoms with Gasteiger partial charge in [-0.3, -0.25) is 9.08 Å². The van der Waals surface area contributed by atoms with Gasteiger partial charge in [-0.05, 0) is 19.1 Å².